The number of aliphatic carboxylic acids is 1. The Bertz CT molecular complexity index is 317. The molecule has 1 aliphatic rings. The first-order valence-electron chi connectivity index (χ1n) is 6.81. The van der Waals surface area contributed by atoms with E-state index in [1.807, 2.05) is 13.2 Å². The summed E-state index contributed by atoms with van der Waals surface area (Å²) in [4.78, 5) is 23.0. The highest BCUT2D eigenvalue weighted by molar-refractivity contribution is 7.98. The van der Waals surface area contributed by atoms with Gasteiger partial charge in [0.2, 0.25) is 0 Å². The van der Waals surface area contributed by atoms with Gasteiger partial charge in [-0.1, -0.05) is 19.8 Å². The summed E-state index contributed by atoms with van der Waals surface area (Å²) in [5.74, 6) is 0.0221. The summed E-state index contributed by atoms with van der Waals surface area (Å²) in [6.07, 6.45) is 6.37. The molecule has 0 aromatic rings. The number of carboxylic acids is 1. The molecular formula is C13H24N2O3S. The minimum atomic E-state index is -0.849. The molecule has 110 valence electrons. The van der Waals surface area contributed by atoms with Gasteiger partial charge in [0.05, 0.1) is 12.0 Å². The number of hydrogen-bond donors (Lipinski definition) is 3. The van der Waals surface area contributed by atoms with E-state index in [0.29, 0.717) is 0 Å². The minimum Gasteiger partial charge on any atom is -0.481 e. The van der Waals surface area contributed by atoms with Crippen molar-refractivity contribution in [2.45, 2.75) is 57.0 Å². The van der Waals surface area contributed by atoms with Crippen LogP contribution in [0.2, 0.25) is 0 Å². The monoisotopic (exact) mass is 288 g/mol. The van der Waals surface area contributed by atoms with Crippen LogP contribution in [0.15, 0.2) is 0 Å². The molecule has 0 radical (unpaired) electrons. The average Bonchev–Trinajstić information content (AvgIpc) is 2.75. The molecule has 1 rings (SSSR count). The van der Waals surface area contributed by atoms with Gasteiger partial charge in [0.25, 0.3) is 0 Å². The second kappa shape index (κ2) is 7.62. The molecule has 0 aromatic heterocycles. The molecule has 1 fully saturated rings. The predicted octanol–water partition coefficient (Wildman–Crippen LogP) is 2.21. The van der Waals surface area contributed by atoms with Crippen molar-refractivity contribution >= 4 is 23.8 Å². The lowest BCUT2D eigenvalue weighted by Crippen LogP contribution is -2.53. The first-order valence-corrected chi connectivity index (χ1v) is 8.20. The van der Waals surface area contributed by atoms with E-state index in [9.17, 15) is 9.59 Å². The van der Waals surface area contributed by atoms with Crippen molar-refractivity contribution in [3.05, 3.63) is 0 Å². The Labute approximate surface area is 118 Å². The Balaban J connectivity index is 2.54. The molecule has 2 amide bonds. The van der Waals surface area contributed by atoms with Crippen molar-refractivity contribution in [1.29, 1.82) is 0 Å². The quantitative estimate of drug-likeness (QED) is 0.671. The van der Waals surface area contributed by atoms with Crippen LogP contribution >= 0.6 is 11.8 Å². The van der Waals surface area contributed by atoms with Gasteiger partial charge < -0.3 is 15.7 Å². The van der Waals surface area contributed by atoms with Crippen molar-refractivity contribution < 1.29 is 14.7 Å². The normalized spacial score (nSPS) is 18.8. The smallest absolute Gasteiger partial charge is 0.315 e. The van der Waals surface area contributed by atoms with E-state index < -0.39 is 11.5 Å². The Morgan fingerprint density at radius 1 is 1.37 bits per heavy atom. The molecule has 5 nitrogen and oxygen atoms in total. The second-order valence-electron chi connectivity index (χ2n) is 5.22. The number of carbonyl (C=O) groups is 2. The van der Waals surface area contributed by atoms with Crippen LogP contribution in [0.4, 0.5) is 4.79 Å². The Morgan fingerprint density at radius 3 is 2.47 bits per heavy atom. The molecule has 0 saturated heterocycles. The summed E-state index contributed by atoms with van der Waals surface area (Å²) in [5.41, 5.74) is -0.548. The fraction of sp³-hybridized carbons (Fsp3) is 0.846. The summed E-state index contributed by atoms with van der Waals surface area (Å²) in [7, 11) is 0. The Morgan fingerprint density at radius 2 is 2.00 bits per heavy atom. The molecule has 1 unspecified atom stereocenters. The number of hydrogen-bond acceptors (Lipinski definition) is 3. The van der Waals surface area contributed by atoms with E-state index in [-0.39, 0.29) is 18.5 Å². The molecule has 1 saturated carbocycles. The second-order valence-corrected chi connectivity index (χ2v) is 6.13. The van der Waals surface area contributed by atoms with Crippen LogP contribution in [-0.4, -0.2) is 40.7 Å². The molecule has 0 aromatic carbocycles. The molecule has 19 heavy (non-hydrogen) atoms. The average molecular weight is 288 g/mol. The highest BCUT2D eigenvalue weighted by Crippen LogP contribution is 2.32. The fourth-order valence-corrected chi connectivity index (χ4v) is 3.33. The summed E-state index contributed by atoms with van der Waals surface area (Å²) in [6.45, 7) is 2.03. The molecule has 0 heterocycles. The number of carbonyl (C=O) groups excluding carboxylic acids is 1. The van der Waals surface area contributed by atoms with E-state index in [1.165, 1.54) is 0 Å². The number of rotatable bonds is 7. The minimum absolute atomic E-state index is 0.0136. The third-order valence-electron chi connectivity index (χ3n) is 3.62. The fourth-order valence-electron chi connectivity index (χ4n) is 2.61. The molecule has 0 aliphatic heterocycles. The summed E-state index contributed by atoms with van der Waals surface area (Å²) >= 11 is 1.69. The van der Waals surface area contributed by atoms with Crippen LogP contribution in [-0.2, 0) is 4.79 Å². The van der Waals surface area contributed by atoms with Crippen LogP contribution in [0.25, 0.3) is 0 Å². The van der Waals surface area contributed by atoms with E-state index in [4.69, 9.17) is 5.11 Å². The zero-order valence-electron chi connectivity index (χ0n) is 11.7. The third kappa shape index (κ3) is 5.30. The van der Waals surface area contributed by atoms with Gasteiger partial charge in [-0.15, -0.1) is 0 Å². The lowest BCUT2D eigenvalue weighted by molar-refractivity contribution is -0.138. The first kappa shape index (κ1) is 16.1. The van der Waals surface area contributed by atoms with Gasteiger partial charge in [-0.3, -0.25) is 4.79 Å². The van der Waals surface area contributed by atoms with E-state index in [0.717, 1.165) is 37.9 Å². The van der Waals surface area contributed by atoms with Gasteiger partial charge in [0.1, 0.15) is 0 Å². The van der Waals surface area contributed by atoms with Crippen molar-refractivity contribution in [2.24, 2.45) is 0 Å². The first-order chi connectivity index (χ1) is 9.01. The molecule has 0 spiro atoms. The van der Waals surface area contributed by atoms with E-state index in [1.54, 1.807) is 11.8 Å². The maximum Gasteiger partial charge on any atom is 0.315 e. The molecule has 1 aliphatic carbocycles. The van der Waals surface area contributed by atoms with Gasteiger partial charge in [0, 0.05) is 11.8 Å². The zero-order chi connectivity index (χ0) is 14.3. The van der Waals surface area contributed by atoms with E-state index in [2.05, 4.69) is 10.6 Å². The third-order valence-corrected chi connectivity index (χ3v) is 4.36. The van der Waals surface area contributed by atoms with Gasteiger partial charge in [0.15, 0.2) is 0 Å². The van der Waals surface area contributed by atoms with Gasteiger partial charge in [-0.05, 0) is 25.5 Å². The Hall–Kier alpha value is -0.910. The van der Waals surface area contributed by atoms with Gasteiger partial charge >= 0.3 is 12.0 Å². The van der Waals surface area contributed by atoms with Crippen LogP contribution in [0.5, 0.6) is 0 Å². The lowest BCUT2D eigenvalue weighted by atomic mass is 9.93. The molecule has 6 heteroatoms. The Kier molecular flexibility index (Phi) is 6.48. The molecule has 1 atom stereocenters. The van der Waals surface area contributed by atoms with Crippen LogP contribution in [0, 0.1) is 0 Å². The van der Waals surface area contributed by atoms with Crippen molar-refractivity contribution in [2.75, 3.05) is 12.0 Å². The maximum atomic E-state index is 12.0. The highest BCUT2D eigenvalue weighted by Gasteiger charge is 2.37. The summed E-state index contributed by atoms with van der Waals surface area (Å²) < 4.78 is 0. The zero-order valence-corrected chi connectivity index (χ0v) is 12.5. The number of urea groups is 1. The van der Waals surface area contributed by atoms with Gasteiger partial charge in [-0.2, -0.15) is 11.8 Å². The number of amides is 2. The van der Waals surface area contributed by atoms with E-state index >= 15 is 0 Å². The number of thioether (sulfide) groups is 1. The SMILES string of the molecule is CCC(CSC)NC(=O)NC1(CC(=O)O)CCCC1. The number of nitrogens with one attached hydrogen (secondary N) is 2. The molecule has 3 N–H and O–H groups in total. The van der Waals surface area contributed by atoms with Crippen molar-refractivity contribution in [3.8, 4) is 0 Å². The lowest BCUT2D eigenvalue weighted by Gasteiger charge is -2.29. The highest BCUT2D eigenvalue weighted by atomic mass is 32.2. The van der Waals surface area contributed by atoms with Crippen LogP contribution in [0.1, 0.15) is 45.4 Å². The largest absolute Gasteiger partial charge is 0.481 e. The summed E-state index contributed by atoms with van der Waals surface area (Å²) in [6, 6.07) is -0.0951. The van der Waals surface area contributed by atoms with Gasteiger partial charge in [-0.25, -0.2) is 4.79 Å². The standard InChI is InChI=1S/C13H24N2O3S/c1-3-10(9-19-2)14-12(18)15-13(8-11(16)17)6-4-5-7-13/h10H,3-9H2,1-2H3,(H,16,17)(H2,14,15,18). The summed E-state index contributed by atoms with van der Waals surface area (Å²) in [5, 5.41) is 14.8. The molecular weight excluding hydrogens is 264 g/mol. The molecule has 0 bridgehead atoms. The maximum absolute atomic E-state index is 12.0. The number of carboxylic acid groups (broad SMARTS) is 1. The van der Waals surface area contributed by atoms with Crippen LogP contribution < -0.4 is 10.6 Å². The predicted molar refractivity (Wildman–Crippen MR) is 77.6 cm³/mol. The topological polar surface area (TPSA) is 78.4 Å². The van der Waals surface area contributed by atoms with Crippen LogP contribution in [0.3, 0.4) is 0 Å². The van der Waals surface area contributed by atoms with Crippen molar-refractivity contribution in [3.63, 3.8) is 0 Å². The van der Waals surface area contributed by atoms with Crippen molar-refractivity contribution in [1.82, 2.24) is 10.6 Å².